The van der Waals surface area contributed by atoms with E-state index < -0.39 is 0 Å². The van der Waals surface area contributed by atoms with E-state index in [1.165, 1.54) is 6.07 Å². The molecule has 0 aromatic heterocycles. The van der Waals surface area contributed by atoms with Crippen LogP contribution in [0.5, 0.6) is 0 Å². The van der Waals surface area contributed by atoms with Crippen molar-refractivity contribution < 1.29 is 4.39 Å². The summed E-state index contributed by atoms with van der Waals surface area (Å²) in [5.74, 6) is -0.315. The molecule has 0 bridgehead atoms. The summed E-state index contributed by atoms with van der Waals surface area (Å²) in [7, 11) is 1.89. The lowest BCUT2D eigenvalue weighted by Gasteiger charge is -2.21. The van der Waals surface area contributed by atoms with Crippen molar-refractivity contribution in [2.24, 2.45) is 0 Å². The zero-order chi connectivity index (χ0) is 14.0. The minimum atomic E-state index is -0.315. The second-order valence-corrected chi connectivity index (χ2v) is 6.08. The molecule has 0 aliphatic heterocycles. The van der Waals surface area contributed by atoms with Gasteiger partial charge in [-0.2, -0.15) is 0 Å². The molecule has 19 heavy (non-hydrogen) atoms. The Balaban J connectivity index is 2.25. The molecule has 0 saturated heterocycles. The summed E-state index contributed by atoms with van der Waals surface area (Å²) in [6.45, 7) is 0.657. The first-order chi connectivity index (χ1) is 8.97. The molecule has 2 nitrogen and oxygen atoms in total. The number of anilines is 2. The van der Waals surface area contributed by atoms with Gasteiger partial charge in [-0.3, -0.25) is 0 Å². The number of nitrogens with zero attached hydrogens (tertiary/aromatic N) is 1. The molecule has 0 saturated carbocycles. The Labute approximate surface area is 128 Å². The van der Waals surface area contributed by atoms with Crippen molar-refractivity contribution in [3.63, 3.8) is 0 Å². The lowest BCUT2D eigenvalue weighted by atomic mass is 10.2. The van der Waals surface area contributed by atoms with Crippen LogP contribution in [-0.2, 0) is 6.54 Å². The fraction of sp³-hybridized carbons (Fsp3) is 0.143. The van der Waals surface area contributed by atoms with E-state index in [1.807, 2.05) is 36.2 Å². The maximum atomic E-state index is 13.6. The summed E-state index contributed by atoms with van der Waals surface area (Å²) in [4.78, 5) is 1.92. The van der Waals surface area contributed by atoms with E-state index in [1.54, 1.807) is 6.07 Å². The second-order valence-electron chi connectivity index (χ2n) is 4.31. The molecule has 0 fully saturated rings. The van der Waals surface area contributed by atoms with Gasteiger partial charge in [0.25, 0.3) is 0 Å². The van der Waals surface area contributed by atoms with Crippen LogP contribution in [-0.4, -0.2) is 7.05 Å². The number of halogens is 3. The number of rotatable bonds is 3. The van der Waals surface area contributed by atoms with Crippen LogP contribution in [0.2, 0.25) is 0 Å². The summed E-state index contributed by atoms with van der Waals surface area (Å²) in [5.41, 5.74) is 8.28. The molecule has 2 aromatic carbocycles. The standard InChI is InChI=1S/C14H13Br2FN2/c1-19(8-9-3-2-4-10(15)5-9)14-7-12(17)11(16)6-13(14)18/h2-7H,8,18H2,1H3. The van der Waals surface area contributed by atoms with Crippen LogP contribution in [0.25, 0.3) is 0 Å². The molecule has 0 aliphatic carbocycles. The summed E-state index contributed by atoms with van der Waals surface area (Å²) < 4.78 is 15.0. The van der Waals surface area contributed by atoms with Crippen molar-refractivity contribution >= 4 is 43.2 Å². The first kappa shape index (κ1) is 14.3. The second kappa shape index (κ2) is 5.92. The fourth-order valence-corrected chi connectivity index (χ4v) is 2.68. The Kier molecular flexibility index (Phi) is 4.47. The predicted molar refractivity (Wildman–Crippen MR) is 84.8 cm³/mol. The molecule has 100 valence electrons. The Morgan fingerprint density at radius 3 is 2.63 bits per heavy atom. The van der Waals surface area contributed by atoms with E-state index in [9.17, 15) is 4.39 Å². The van der Waals surface area contributed by atoms with Gasteiger partial charge in [0, 0.05) is 24.1 Å². The van der Waals surface area contributed by atoms with Gasteiger partial charge in [0.15, 0.2) is 0 Å². The fourth-order valence-electron chi connectivity index (χ4n) is 1.88. The Morgan fingerprint density at radius 1 is 1.21 bits per heavy atom. The van der Waals surface area contributed by atoms with Crippen LogP contribution >= 0.6 is 31.9 Å². The molecule has 2 aromatic rings. The summed E-state index contributed by atoms with van der Waals surface area (Å²) in [5, 5.41) is 0. The van der Waals surface area contributed by atoms with Gasteiger partial charge < -0.3 is 10.6 Å². The summed E-state index contributed by atoms with van der Waals surface area (Å²) in [6.07, 6.45) is 0. The van der Waals surface area contributed by atoms with Crippen LogP contribution < -0.4 is 10.6 Å². The number of nitrogens with two attached hydrogens (primary N) is 1. The molecule has 0 aliphatic rings. The monoisotopic (exact) mass is 386 g/mol. The van der Waals surface area contributed by atoms with Gasteiger partial charge in [0.2, 0.25) is 0 Å². The number of hydrogen-bond donors (Lipinski definition) is 1. The Hall–Kier alpha value is -1.07. The van der Waals surface area contributed by atoms with E-state index >= 15 is 0 Å². The molecular weight excluding hydrogens is 375 g/mol. The molecule has 0 atom stereocenters. The highest BCUT2D eigenvalue weighted by Crippen LogP contribution is 2.29. The summed E-state index contributed by atoms with van der Waals surface area (Å²) >= 11 is 6.56. The highest BCUT2D eigenvalue weighted by atomic mass is 79.9. The van der Waals surface area contributed by atoms with Crippen LogP contribution in [0.15, 0.2) is 45.3 Å². The third kappa shape index (κ3) is 3.48. The first-order valence-electron chi connectivity index (χ1n) is 5.67. The maximum Gasteiger partial charge on any atom is 0.139 e. The molecule has 0 unspecified atom stereocenters. The SMILES string of the molecule is CN(Cc1cccc(Br)c1)c1cc(F)c(Br)cc1N. The molecule has 0 radical (unpaired) electrons. The Morgan fingerprint density at radius 2 is 1.95 bits per heavy atom. The smallest absolute Gasteiger partial charge is 0.139 e. The average Bonchev–Trinajstić information content (AvgIpc) is 2.33. The minimum absolute atomic E-state index is 0.315. The van der Waals surface area contributed by atoms with Gasteiger partial charge >= 0.3 is 0 Å². The highest BCUT2D eigenvalue weighted by molar-refractivity contribution is 9.10. The largest absolute Gasteiger partial charge is 0.397 e. The van der Waals surface area contributed by atoms with Gasteiger partial charge in [-0.15, -0.1) is 0 Å². The van der Waals surface area contributed by atoms with Crippen molar-refractivity contribution in [1.29, 1.82) is 0 Å². The van der Waals surface area contributed by atoms with Crippen molar-refractivity contribution in [2.75, 3.05) is 17.7 Å². The van der Waals surface area contributed by atoms with Gasteiger partial charge in [-0.05, 0) is 39.7 Å². The quantitative estimate of drug-likeness (QED) is 0.781. The van der Waals surface area contributed by atoms with E-state index in [0.717, 1.165) is 10.0 Å². The van der Waals surface area contributed by atoms with E-state index in [0.29, 0.717) is 22.4 Å². The van der Waals surface area contributed by atoms with Gasteiger partial charge in [0.05, 0.1) is 15.8 Å². The Bertz CT molecular complexity index is 602. The van der Waals surface area contributed by atoms with Crippen LogP contribution in [0.4, 0.5) is 15.8 Å². The molecule has 0 spiro atoms. The molecular formula is C14H13Br2FN2. The van der Waals surface area contributed by atoms with Gasteiger partial charge in [0.1, 0.15) is 5.82 Å². The van der Waals surface area contributed by atoms with E-state index in [2.05, 4.69) is 31.9 Å². The third-order valence-corrected chi connectivity index (χ3v) is 3.89. The zero-order valence-electron chi connectivity index (χ0n) is 10.3. The maximum absolute atomic E-state index is 13.6. The van der Waals surface area contributed by atoms with Crippen molar-refractivity contribution in [3.8, 4) is 0 Å². The van der Waals surface area contributed by atoms with Crippen LogP contribution in [0.3, 0.4) is 0 Å². The zero-order valence-corrected chi connectivity index (χ0v) is 13.5. The number of benzene rings is 2. The lowest BCUT2D eigenvalue weighted by Crippen LogP contribution is -2.18. The number of hydrogen-bond acceptors (Lipinski definition) is 2. The normalized spacial score (nSPS) is 10.5. The molecule has 2 N–H and O–H groups in total. The topological polar surface area (TPSA) is 29.3 Å². The van der Waals surface area contributed by atoms with Crippen molar-refractivity contribution in [2.45, 2.75) is 6.54 Å². The van der Waals surface area contributed by atoms with Crippen molar-refractivity contribution in [1.82, 2.24) is 0 Å². The number of nitrogen functional groups attached to an aromatic ring is 1. The molecule has 0 heterocycles. The summed E-state index contributed by atoms with van der Waals surface area (Å²) in [6, 6.07) is 11.0. The van der Waals surface area contributed by atoms with Gasteiger partial charge in [-0.1, -0.05) is 28.1 Å². The molecule has 0 amide bonds. The lowest BCUT2D eigenvalue weighted by molar-refractivity contribution is 0.620. The van der Waals surface area contributed by atoms with Crippen molar-refractivity contribution in [3.05, 3.63) is 56.7 Å². The van der Waals surface area contributed by atoms with Crippen LogP contribution in [0, 0.1) is 5.82 Å². The third-order valence-electron chi connectivity index (χ3n) is 2.79. The van der Waals surface area contributed by atoms with E-state index in [4.69, 9.17) is 5.73 Å². The van der Waals surface area contributed by atoms with Crippen LogP contribution in [0.1, 0.15) is 5.56 Å². The van der Waals surface area contributed by atoms with Gasteiger partial charge in [-0.25, -0.2) is 4.39 Å². The molecule has 2 rings (SSSR count). The highest BCUT2D eigenvalue weighted by Gasteiger charge is 2.10. The predicted octanol–water partition coefficient (Wildman–Crippen LogP) is 4.57. The minimum Gasteiger partial charge on any atom is -0.397 e. The molecule has 5 heteroatoms. The first-order valence-corrected chi connectivity index (χ1v) is 7.26. The average molecular weight is 388 g/mol. The van der Waals surface area contributed by atoms with E-state index in [-0.39, 0.29) is 5.82 Å².